The highest BCUT2D eigenvalue weighted by Crippen LogP contribution is 2.28. The van der Waals surface area contributed by atoms with E-state index in [2.05, 4.69) is 9.97 Å². The molecular weight excluding hydrogens is 256 g/mol. The lowest BCUT2D eigenvalue weighted by atomic mass is 9.89. The molecule has 1 N–H and O–H groups in total. The van der Waals surface area contributed by atoms with Crippen LogP contribution in [-0.2, 0) is 4.79 Å². The number of hydrogen-bond acceptors (Lipinski definition) is 5. The summed E-state index contributed by atoms with van der Waals surface area (Å²) in [5.41, 5.74) is -0.139. The van der Waals surface area contributed by atoms with E-state index in [1.807, 2.05) is 11.8 Å². The Morgan fingerprint density at radius 1 is 1.45 bits per heavy atom. The summed E-state index contributed by atoms with van der Waals surface area (Å²) in [7, 11) is 3.41. The van der Waals surface area contributed by atoms with Gasteiger partial charge in [-0.15, -0.1) is 0 Å². The van der Waals surface area contributed by atoms with Gasteiger partial charge < -0.3 is 14.9 Å². The Kier molecular flexibility index (Phi) is 4.23. The molecule has 110 valence electrons. The Morgan fingerprint density at radius 2 is 2.15 bits per heavy atom. The molecule has 20 heavy (non-hydrogen) atoms. The van der Waals surface area contributed by atoms with Crippen molar-refractivity contribution in [2.45, 2.75) is 31.8 Å². The fourth-order valence-corrected chi connectivity index (χ4v) is 2.59. The number of rotatable bonds is 3. The number of hydrogen-bond donors (Lipinski definition) is 1. The van der Waals surface area contributed by atoms with E-state index in [1.54, 1.807) is 26.5 Å². The van der Waals surface area contributed by atoms with Crippen molar-refractivity contribution in [2.24, 2.45) is 0 Å². The van der Waals surface area contributed by atoms with E-state index in [0.29, 0.717) is 13.0 Å². The van der Waals surface area contributed by atoms with Crippen LogP contribution >= 0.6 is 0 Å². The van der Waals surface area contributed by atoms with Gasteiger partial charge in [0.15, 0.2) is 0 Å². The van der Waals surface area contributed by atoms with Crippen molar-refractivity contribution >= 4 is 11.7 Å². The molecule has 1 amide bonds. The number of aliphatic hydroxyl groups is 1. The van der Waals surface area contributed by atoms with Crippen LogP contribution in [0.25, 0.3) is 0 Å². The van der Waals surface area contributed by atoms with Crippen LogP contribution in [0.2, 0.25) is 0 Å². The number of carbonyl (C=O) groups excluding carboxylic acids is 1. The van der Waals surface area contributed by atoms with Crippen molar-refractivity contribution in [3.05, 3.63) is 18.1 Å². The van der Waals surface area contributed by atoms with E-state index in [1.165, 1.54) is 4.90 Å². The number of piperidine rings is 1. The molecule has 1 fully saturated rings. The zero-order chi connectivity index (χ0) is 14.8. The molecule has 2 rings (SSSR count). The number of nitrogens with zero attached hydrogens (tertiary/aromatic N) is 4. The van der Waals surface area contributed by atoms with Crippen molar-refractivity contribution in [1.29, 1.82) is 0 Å². The van der Waals surface area contributed by atoms with Crippen molar-refractivity contribution in [1.82, 2.24) is 14.9 Å². The minimum Gasteiger partial charge on any atom is -0.388 e. The van der Waals surface area contributed by atoms with Gasteiger partial charge in [0, 0.05) is 39.6 Å². The molecule has 0 saturated carbocycles. The molecule has 1 atom stereocenters. The molecule has 1 saturated heterocycles. The highest BCUT2D eigenvalue weighted by Gasteiger charge is 2.36. The number of anilines is 1. The maximum absolute atomic E-state index is 11.8. The van der Waals surface area contributed by atoms with E-state index in [9.17, 15) is 9.90 Å². The first kappa shape index (κ1) is 14.7. The molecule has 1 aliphatic heterocycles. The molecular formula is C14H22N4O2. The molecule has 2 heterocycles. The molecule has 6 nitrogen and oxygen atoms in total. The summed E-state index contributed by atoms with van der Waals surface area (Å²) in [6.45, 7) is 3.16. The second-order valence-corrected chi connectivity index (χ2v) is 5.68. The maximum atomic E-state index is 11.8. The second-order valence-electron chi connectivity index (χ2n) is 5.68. The highest BCUT2D eigenvalue weighted by atomic mass is 16.3. The number of aromatic nitrogens is 2. The zero-order valence-corrected chi connectivity index (χ0v) is 12.3. The Bertz CT molecular complexity index is 492. The maximum Gasteiger partial charge on any atom is 0.225 e. The van der Waals surface area contributed by atoms with Crippen LogP contribution in [0, 0.1) is 6.92 Å². The van der Waals surface area contributed by atoms with Crippen LogP contribution in [0.5, 0.6) is 0 Å². The number of amides is 1. The molecule has 0 aromatic carbocycles. The third-order valence-corrected chi connectivity index (χ3v) is 3.69. The Hall–Kier alpha value is -1.69. The minimum atomic E-state index is -0.983. The van der Waals surface area contributed by atoms with Gasteiger partial charge in [0.05, 0.1) is 17.7 Å². The molecule has 1 aromatic heterocycles. The van der Waals surface area contributed by atoms with Gasteiger partial charge in [-0.3, -0.25) is 9.78 Å². The molecule has 6 heteroatoms. The molecule has 1 aliphatic rings. The van der Waals surface area contributed by atoms with Crippen LogP contribution in [-0.4, -0.2) is 58.7 Å². The third-order valence-electron chi connectivity index (χ3n) is 3.69. The largest absolute Gasteiger partial charge is 0.388 e. The standard InChI is InChI=1S/C14H22N4O2/c1-11-13(16-7-6-15-11)18-8-4-5-14(20,10-18)9-12(19)17(2)3/h6-7,20H,4-5,8-10H2,1-3H3. The van der Waals surface area contributed by atoms with Crippen LogP contribution in [0.4, 0.5) is 5.82 Å². The predicted octanol–water partition coefficient (Wildman–Crippen LogP) is 0.595. The normalized spacial score (nSPS) is 22.7. The van der Waals surface area contributed by atoms with E-state index >= 15 is 0 Å². The zero-order valence-electron chi connectivity index (χ0n) is 12.3. The van der Waals surface area contributed by atoms with Crippen molar-refractivity contribution < 1.29 is 9.90 Å². The van der Waals surface area contributed by atoms with E-state index in [-0.39, 0.29) is 12.3 Å². The summed E-state index contributed by atoms with van der Waals surface area (Å²) in [5, 5.41) is 10.7. The van der Waals surface area contributed by atoms with E-state index in [4.69, 9.17) is 0 Å². The van der Waals surface area contributed by atoms with Gasteiger partial charge in [-0.25, -0.2) is 4.98 Å². The molecule has 0 aliphatic carbocycles. The van der Waals surface area contributed by atoms with Gasteiger partial charge in [-0.1, -0.05) is 0 Å². The van der Waals surface area contributed by atoms with E-state index in [0.717, 1.165) is 24.5 Å². The van der Waals surface area contributed by atoms with Gasteiger partial charge >= 0.3 is 0 Å². The van der Waals surface area contributed by atoms with Crippen LogP contribution in [0.15, 0.2) is 12.4 Å². The van der Waals surface area contributed by atoms with Crippen molar-refractivity contribution in [3.63, 3.8) is 0 Å². The average Bonchev–Trinajstić information content (AvgIpc) is 2.38. The Balaban J connectivity index is 2.12. The summed E-state index contributed by atoms with van der Waals surface area (Å²) in [4.78, 5) is 24.0. The first-order chi connectivity index (χ1) is 9.41. The fourth-order valence-electron chi connectivity index (χ4n) is 2.59. The summed E-state index contributed by atoms with van der Waals surface area (Å²) >= 11 is 0. The lowest BCUT2D eigenvalue weighted by Gasteiger charge is -2.40. The van der Waals surface area contributed by atoms with Gasteiger partial charge in [-0.05, 0) is 19.8 Å². The quantitative estimate of drug-likeness (QED) is 0.876. The average molecular weight is 278 g/mol. The summed E-state index contributed by atoms with van der Waals surface area (Å²) in [6, 6.07) is 0. The lowest BCUT2D eigenvalue weighted by Crippen LogP contribution is -2.51. The van der Waals surface area contributed by atoms with Crippen molar-refractivity contribution in [3.8, 4) is 0 Å². The molecule has 0 radical (unpaired) electrons. The molecule has 0 spiro atoms. The topological polar surface area (TPSA) is 69.6 Å². The first-order valence-corrected chi connectivity index (χ1v) is 6.86. The Morgan fingerprint density at radius 3 is 2.80 bits per heavy atom. The number of aryl methyl sites for hydroxylation is 1. The van der Waals surface area contributed by atoms with Crippen LogP contribution in [0.3, 0.4) is 0 Å². The molecule has 0 bridgehead atoms. The van der Waals surface area contributed by atoms with Crippen LogP contribution < -0.4 is 4.90 Å². The first-order valence-electron chi connectivity index (χ1n) is 6.86. The lowest BCUT2D eigenvalue weighted by molar-refractivity contribution is -0.134. The Labute approximate surface area is 119 Å². The molecule has 1 unspecified atom stereocenters. The second kappa shape index (κ2) is 5.75. The SMILES string of the molecule is Cc1nccnc1N1CCCC(O)(CC(=O)N(C)C)C1. The van der Waals surface area contributed by atoms with Gasteiger partial charge in [0.25, 0.3) is 0 Å². The van der Waals surface area contributed by atoms with E-state index < -0.39 is 5.60 Å². The minimum absolute atomic E-state index is 0.0507. The van der Waals surface area contributed by atoms with Crippen molar-refractivity contribution in [2.75, 3.05) is 32.1 Å². The summed E-state index contributed by atoms with van der Waals surface area (Å²) in [6.07, 6.45) is 4.94. The van der Waals surface area contributed by atoms with Crippen LogP contribution in [0.1, 0.15) is 25.0 Å². The number of β-amino-alcohol motifs (C(OH)–C–C–N with tert-alkyl or cyclic N) is 1. The highest BCUT2D eigenvalue weighted by molar-refractivity contribution is 5.76. The van der Waals surface area contributed by atoms with Gasteiger partial charge in [-0.2, -0.15) is 0 Å². The molecule has 1 aromatic rings. The monoisotopic (exact) mass is 278 g/mol. The fraction of sp³-hybridized carbons (Fsp3) is 0.643. The predicted molar refractivity (Wildman–Crippen MR) is 76.5 cm³/mol. The third kappa shape index (κ3) is 3.25. The van der Waals surface area contributed by atoms with Gasteiger partial charge in [0.2, 0.25) is 5.91 Å². The summed E-state index contributed by atoms with van der Waals surface area (Å²) < 4.78 is 0. The summed E-state index contributed by atoms with van der Waals surface area (Å²) in [5.74, 6) is 0.744. The number of carbonyl (C=O) groups is 1. The van der Waals surface area contributed by atoms with Gasteiger partial charge in [0.1, 0.15) is 5.82 Å². The smallest absolute Gasteiger partial charge is 0.225 e.